The highest BCUT2D eigenvalue weighted by Gasteiger charge is 2.01. The number of likely N-dealkylation sites (N-methyl/N-ethyl adjacent to an activating group) is 1. The number of rotatable bonds is 5. The Morgan fingerprint density at radius 2 is 1.68 bits per heavy atom. The molecule has 2 rings (SSSR count). The van der Waals surface area contributed by atoms with Crippen LogP contribution in [0.1, 0.15) is 5.56 Å². The maximum absolute atomic E-state index is 5.26. The van der Waals surface area contributed by atoms with Crippen molar-refractivity contribution in [1.82, 2.24) is 5.32 Å². The van der Waals surface area contributed by atoms with Crippen LogP contribution in [0.4, 0.5) is 0 Å². The average Bonchev–Trinajstić information content (AvgIpc) is 2.45. The van der Waals surface area contributed by atoms with E-state index in [0.29, 0.717) is 0 Å². The zero-order valence-corrected chi connectivity index (χ0v) is 12.2. The summed E-state index contributed by atoms with van der Waals surface area (Å²) in [5, 5.41) is 3.17. The summed E-state index contributed by atoms with van der Waals surface area (Å²) in [5.74, 6) is 0.896. The molecule has 0 unspecified atom stereocenters. The van der Waals surface area contributed by atoms with Gasteiger partial charge >= 0.3 is 0 Å². The number of hydrogen-bond acceptors (Lipinski definition) is 2. The van der Waals surface area contributed by atoms with Gasteiger partial charge in [-0.15, -0.1) is 12.4 Å². The lowest BCUT2D eigenvalue weighted by Crippen LogP contribution is -2.10. The second-order valence-electron chi connectivity index (χ2n) is 4.29. The minimum absolute atomic E-state index is 0. The Labute approximate surface area is 121 Å². The number of halogens is 1. The van der Waals surface area contributed by atoms with Gasteiger partial charge in [0.1, 0.15) is 5.75 Å². The first-order valence-corrected chi connectivity index (χ1v) is 6.21. The predicted molar refractivity (Wildman–Crippen MR) is 83.3 cm³/mol. The van der Waals surface area contributed by atoms with Crippen LogP contribution in [0.25, 0.3) is 11.1 Å². The molecule has 2 aromatic rings. The fourth-order valence-electron chi connectivity index (χ4n) is 1.98. The minimum atomic E-state index is 0. The lowest BCUT2D eigenvalue weighted by atomic mass is 10.0. The Morgan fingerprint density at radius 1 is 1.00 bits per heavy atom. The molecular formula is C16H20ClNO. The van der Waals surface area contributed by atoms with Crippen LogP contribution in [-0.2, 0) is 6.42 Å². The number of hydrogen-bond donors (Lipinski definition) is 1. The molecule has 0 spiro atoms. The summed E-state index contributed by atoms with van der Waals surface area (Å²) in [4.78, 5) is 0. The van der Waals surface area contributed by atoms with Crippen molar-refractivity contribution in [1.29, 1.82) is 0 Å². The molecule has 0 aliphatic carbocycles. The van der Waals surface area contributed by atoms with E-state index in [4.69, 9.17) is 4.74 Å². The quantitative estimate of drug-likeness (QED) is 0.902. The molecule has 0 saturated heterocycles. The summed E-state index contributed by atoms with van der Waals surface area (Å²) in [6.45, 7) is 1.00. The summed E-state index contributed by atoms with van der Waals surface area (Å²) in [6, 6.07) is 16.8. The van der Waals surface area contributed by atoms with Gasteiger partial charge in [0.05, 0.1) is 7.11 Å². The number of benzene rings is 2. The van der Waals surface area contributed by atoms with E-state index < -0.39 is 0 Å². The van der Waals surface area contributed by atoms with E-state index in [0.717, 1.165) is 18.7 Å². The Hall–Kier alpha value is -1.51. The molecule has 0 aliphatic heterocycles. The van der Waals surface area contributed by atoms with Gasteiger partial charge in [0.25, 0.3) is 0 Å². The Morgan fingerprint density at radius 3 is 2.37 bits per heavy atom. The molecule has 0 aromatic heterocycles. The monoisotopic (exact) mass is 277 g/mol. The maximum atomic E-state index is 5.26. The first-order chi connectivity index (χ1) is 8.83. The van der Waals surface area contributed by atoms with Crippen molar-refractivity contribution in [3.8, 4) is 16.9 Å². The SMILES string of the molecule is CNCCc1cccc(-c2cccc(OC)c2)c1.Cl. The van der Waals surface area contributed by atoms with Gasteiger partial charge < -0.3 is 10.1 Å². The van der Waals surface area contributed by atoms with Gasteiger partial charge in [0, 0.05) is 0 Å². The second-order valence-corrected chi connectivity index (χ2v) is 4.29. The zero-order chi connectivity index (χ0) is 12.8. The molecule has 2 nitrogen and oxygen atoms in total. The fourth-order valence-corrected chi connectivity index (χ4v) is 1.98. The third-order valence-electron chi connectivity index (χ3n) is 2.99. The number of methoxy groups -OCH3 is 1. The van der Waals surface area contributed by atoms with Crippen LogP contribution in [0.2, 0.25) is 0 Å². The third-order valence-corrected chi connectivity index (χ3v) is 2.99. The summed E-state index contributed by atoms with van der Waals surface area (Å²) < 4.78 is 5.26. The van der Waals surface area contributed by atoms with Crippen molar-refractivity contribution in [2.45, 2.75) is 6.42 Å². The number of ether oxygens (including phenoxy) is 1. The summed E-state index contributed by atoms with van der Waals surface area (Å²) in [5.41, 5.74) is 3.79. The van der Waals surface area contributed by atoms with Crippen molar-refractivity contribution >= 4 is 12.4 Å². The van der Waals surface area contributed by atoms with E-state index in [1.165, 1.54) is 16.7 Å². The van der Waals surface area contributed by atoms with Crippen molar-refractivity contribution in [3.05, 3.63) is 54.1 Å². The van der Waals surface area contributed by atoms with Gasteiger partial charge in [-0.3, -0.25) is 0 Å². The van der Waals surface area contributed by atoms with E-state index in [2.05, 4.69) is 41.7 Å². The first kappa shape index (κ1) is 15.5. The van der Waals surface area contributed by atoms with E-state index in [9.17, 15) is 0 Å². The fraction of sp³-hybridized carbons (Fsp3) is 0.250. The van der Waals surface area contributed by atoms with Gasteiger partial charge in [-0.1, -0.05) is 36.4 Å². The maximum Gasteiger partial charge on any atom is 0.119 e. The van der Waals surface area contributed by atoms with Crippen LogP contribution in [0.3, 0.4) is 0 Å². The van der Waals surface area contributed by atoms with Crippen LogP contribution < -0.4 is 10.1 Å². The van der Waals surface area contributed by atoms with Gasteiger partial charge in [-0.05, 0) is 48.8 Å². The summed E-state index contributed by atoms with van der Waals surface area (Å²) in [7, 11) is 3.67. The molecule has 0 atom stereocenters. The topological polar surface area (TPSA) is 21.3 Å². The van der Waals surface area contributed by atoms with Crippen molar-refractivity contribution in [3.63, 3.8) is 0 Å². The molecule has 3 heteroatoms. The van der Waals surface area contributed by atoms with Crippen LogP contribution >= 0.6 is 12.4 Å². The van der Waals surface area contributed by atoms with Crippen molar-refractivity contribution < 1.29 is 4.74 Å². The molecule has 0 bridgehead atoms. The van der Waals surface area contributed by atoms with Crippen LogP contribution in [0.5, 0.6) is 5.75 Å². The third kappa shape index (κ3) is 4.27. The van der Waals surface area contributed by atoms with Crippen LogP contribution in [-0.4, -0.2) is 20.7 Å². The molecule has 0 amide bonds. The lowest BCUT2D eigenvalue weighted by Gasteiger charge is -2.07. The lowest BCUT2D eigenvalue weighted by molar-refractivity contribution is 0.415. The Kier molecular flexibility index (Phi) is 6.40. The van der Waals surface area contributed by atoms with E-state index in [-0.39, 0.29) is 12.4 Å². The highest BCUT2D eigenvalue weighted by molar-refractivity contribution is 5.85. The highest BCUT2D eigenvalue weighted by atomic mass is 35.5. The highest BCUT2D eigenvalue weighted by Crippen LogP contribution is 2.24. The Bertz CT molecular complexity index is 514. The van der Waals surface area contributed by atoms with Gasteiger partial charge in [0.2, 0.25) is 0 Å². The van der Waals surface area contributed by atoms with E-state index in [1.54, 1.807) is 7.11 Å². The average molecular weight is 278 g/mol. The zero-order valence-electron chi connectivity index (χ0n) is 11.3. The molecule has 19 heavy (non-hydrogen) atoms. The standard InChI is InChI=1S/C16H19NO.ClH/c1-17-10-9-13-5-3-6-14(11-13)15-7-4-8-16(12-15)18-2;/h3-8,11-12,17H,9-10H2,1-2H3;1H. The first-order valence-electron chi connectivity index (χ1n) is 6.21. The van der Waals surface area contributed by atoms with E-state index >= 15 is 0 Å². The van der Waals surface area contributed by atoms with Gasteiger partial charge in [-0.2, -0.15) is 0 Å². The number of nitrogens with one attached hydrogen (secondary N) is 1. The van der Waals surface area contributed by atoms with Crippen molar-refractivity contribution in [2.75, 3.05) is 20.7 Å². The van der Waals surface area contributed by atoms with E-state index in [1.807, 2.05) is 19.2 Å². The summed E-state index contributed by atoms with van der Waals surface area (Å²) >= 11 is 0. The van der Waals surface area contributed by atoms with Crippen molar-refractivity contribution in [2.24, 2.45) is 0 Å². The molecule has 0 saturated carbocycles. The van der Waals surface area contributed by atoms with Gasteiger partial charge in [-0.25, -0.2) is 0 Å². The molecule has 0 radical (unpaired) electrons. The molecular weight excluding hydrogens is 258 g/mol. The minimum Gasteiger partial charge on any atom is -0.497 e. The largest absolute Gasteiger partial charge is 0.497 e. The Balaban J connectivity index is 0.00000180. The predicted octanol–water partition coefficient (Wildman–Crippen LogP) is 3.55. The molecule has 0 fully saturated rings. The molecule has 2 aromatic carbocycles. The van der Waals surface area contributed by atoms with Crippen LogP contribution in [0.15, 0.2) is 48.5 Å². The summed E-state index contributed by atoms with van der Waals surface area (Å²) in [6.07, 6.45) is 1.05. The molecule has 102 valence electrons. The molecule has 0 heterocycles. The second kappa shape index (κ2) is 7.82. The molecule has 0 aliphatic rings. The smallest absolute Gasteiger partial charge is 0.119 e. The van der Waals surface area contributed by atoms with Gasteiger partial charge in [0.15, 0.2) is 0 Å². The van der Waals surface area contributed by atoms with Crippen LogP contribution in [0, 0.1) is 0 Å². The normalized spacial score (nSPS) is 9.79. The molecule has 1 N–H and O–H groups in total.